The van der Waals surface area contributed by atoms with Crippen molar-refractivity contribution in [2.45, 2.75) is 27.7 Å². The Bertz CT molecular complexity index is 2210. The summed E-state index contributed by atoms with van der Waals surface area (Å²) in [5.41, 5.74) is 6.92. The van der Waals surface area contributed by atoms with Gasteiger partial charge in [0.05, 0.1) is 11.1 Å². The van der Waals surface area contributed by atoms with Crippen LogP contribution in [0.15, 0.2) is 93.8 Å². The molecule has 0 radical (unpaired) electrons. The van der Waals surface area contributed by atoms with Gasteiger partial charge in [0.1, 0.15) is 11.5 Å². The first-order valence-electron chi connectivity index (χ1n) is 14.2. The molecule has 0 aliphatic carbocycles. The minimum absolute atomic E-state index is 0. The summed E-state index contributed by atoms with van der Waals surface area (Å²) >= 11 is 0. The van der Waals surface area contributed by atoms with Gasteiger partial charge < -0.3 is 19.0 Å². The average Bonchev–Trinajstić information content (AvgIpc) is 3.62. The third kappa shape index (κ3) is 5.40. The Kier molecular flexibility index (Phi) is 7.81. The molecule has 0 saturated carbocycles. The predicted octanol–water partition coefficient (Wildman–Crippen LogP) is 8.73. The van der Waals surface area contributed by atoms with E-state index in [4.69, 9.17) is 8.83 Å². The third-order valence-corrected chi connectivity index (χ3v) is 7.64. The number of rotatable bonds is 2. The zero-order valence-corrected chi connectivity index (χ0v) is 28.3. The fraction of sp³-hybridized carbons (Fsp3) is 0.111. The van der Waals surface area contributed by atoms with E-state index >= 15 is 0 Å². The summed E-state index contributed by atoms with van der Waals surface area (Å²) in [6.45, 7) is 7.56. The molecular weight excluding hydrogens is 618 g/mol. The number of aromatic nitrogens is 4. The molecule has 8 aromatic rings. The van der Waals surface area contributed by atoms with E-state index in [9.17, 15) is 10.2 Å². The van der Waals surface area contributed by atoms with Gasteiger partial charge in [0.25, 0.3) is 0 Å². The molecule has 9 heteroatoms. The maximum Gasteiger partial charge on any atom is 0.233 e. The molecule has 0 saturated heterocycles. The van der Waals surface area contributed by atoms with Crippen LogP contribution in [0.3, 0.4) is 0 Å². The first-order valence-corrected chi connectivity index (χ1v) is 14.2. The Morgan fingerprint density at radius 3 is 1.33 bits per heavy atom. The van der Waals surface area contributed by atoms with Gasteiger partial charge in [0, 0.05) is 30.9 Å². The first kappa shape index (κ1) is 29.9. The van der Waals surface area contributed by atoms with Crippen molar-refractivity contribution in [1.82, 2.24) is 19.9 Å². The van der Waals surface area contributed by atoms with Crippen LogP contribution >= 0.6 is 0 Å². The second kappa shape index (κ2) is 11.7. The number of phenolic OH excluding ortho intramolecular Hbond substituents is 2. The van der Waals surface area contributed by atoms with E-state index in [1.165, 1.54) is 0 Å². The van der Waals surface area contributed by atoms with Gasteiger partial charge in [-0.1, -0.05) is 48.5 Å². The van der Waals surface area contributed by atoms with Crippen molar-refractivity contribution >= 4 is 44.0 Å². The first-order chi connectivity index (χ1) is 21.3. The van der Waals surface area contributed by atoms with E-state index in [1.807, 2.05) is 113 Å². The zero-order valence-electron chi connectivity index (χ0n) is 25.3. The molecule has 4 heterocycles. The van der Waals surface area contributed by atoms with Crippen LogP contribution in [-0.2, 0) is 19.5 Å². The third-order valence-electron chi connectivity index (χ3n) is 7.64. The van der Waals surface area contributed by atoms with Crippen LogP contribution in [0.25, 0.3) is 66.9 Å². The van der Waals surface area contributed by atoms with E-state index < -0.39 is 0 Å². The molecule has 45 heavy (non-hydrogen) atoms. The van der Waals surface area contributed by atoms with Crippen molar-refractivity contribution in [1.29, 1.82) is 0 Å². The Morgan fingerprint density at radius 1 is 0.511 bits per heavy atom. The van der Waals surface area contributed by atoms with Gasteiger partial charge in [-0.2, -0.15) is 9.97 Å². The van der Waals surface area contributed by atoms with Crippen molar-refractivity contribution in [3.05, 3.63) is 107 Å². The van der Waals surface area contributed by atoms with E-state index in [1.54, 1.807) is 0 Å². The van der Waals surface area contributed by atoms with Crippen molar-refractivity contribution < 1.29 is 38.5 Å². The van der Waals surface area contributed by atoms with Crippen molar-refractivity contribution in [2.24, 2.45) is 0 Å². The van der Waals surface area contributed by atoms with Gasteiger partial charge in [0.15, 0.2) is 22.5 Å². The van der Waals surface area contributed by atoms with Gasteiger partial charge in [-0.3, -0.25) is 0 Å². The standard InChI is InChI=1S/2C18H14N2O2.Zn/c2*1-10-9-12-5-3-4-6-13(12)15(16(10)21)18-20-17-14(22-18)8-7-11(2)19-17;/h2*3-9,21H,1-2H3;. The molecule has 0 fully saturated rings. The molecule has 0 unspecified atom stereocenters. The van der Waals surface area contributed by atoms with Crippen LogP contribution in [0.4, 0.5) is 0 Å². The van der Waals surface area contributed by atoms with Crippen LogP contribution in [0.1, 0.15) is 22.5 Å². The molecule has 8 rings (SSSR count). The number of fused-ring (bicyclic) bond motifs is 4. The number of pyridine rings is 2. The smallest absolute Gasteiger partial charge is 0.233 e. The van der Waals surface area contributed by atoms with Crippen LogP contribution in [0.2, 0.25) is 0 Å². The van der Waals surface area contributed by atoms with Crippen molar-refractivity contribution in [3.8, 4) is 34.4 Å². The second-order valence-corrected chi connectivity index (χ2v) is 10.9. The summed E-state index contributed by atoms with van der Waals surface area (Å²) in [6, 6.07) is 27.1. The summed E-state index contributed by atoms with van der Waals surface area (Å²) in [5.74, 6) is 1.18. The number of nitrogens with zero attached hydrogens (tertiary/aromatic N) is 4. The normalized spacial score (nSPS) is 11.1. The molecule has 4 aromatic heterocycles. The van der Waals surface area contributed by atoms with Crippen molar-refractivity contribution in [3.63, 3.8) is 0 Å². The summed E-state index contributed by atoms with van der Waals surface area (Å²) < 4.78 is 11.6. The maximum atomic E-state index is 10.5. The van der Waals surface area contributed by atoms with Gasteiger partial charge in [-0.25, -0.2) is 9.97 Å². The quantitative estimate of drug-likeness (QED) is 0.179. The number of oxazole rings is 2. The molecule has 0 atom stereocenters. The molecule has 0 aliphatic heterocycles. The number of aromatic hydroxyl groups is 2. The molecule has 0 spiro atoms. The van der Waals surface area contributed by atoms with E-state index in [0.29, 0.717) is 45.4 Å². The number of aryl methyl sites for hydroxylation is 4. The Labute approximate surface area is 271 Å². The monoisotopic (exact) mass is 644 g/mol. The van der Waals surface area contributed by atoms with Crippen LogP contribution in [-0.4, -0.2) is 30.1 Å². The van der Waals surface area contributed by atoms with E-state index in [-0.39, 0.29) is 31.0 Å². The topological polar surface area (TPSA) is 118 Å². The Balaban J connectivity index is 0.000000155. The summed E-state index contributed by atoms with van der Waals surface area (Å²) in [5, 5.41) is 24.9. The number of phenols is 2. The molecule has 0 aliphatic rings. The van der Waals surface area contributed by atoms with Crippen LogP contribution in [0.5, 0.6) is 11.5 Å². The van der Waals surface area contributed by atoms with Crippen molar-refractivity contribution in [2.75, 3.05) is 0 Å². The van der Waals surface area contributed by atoms with Gasteiger partial charge in [0.2, 0.25) is 11.8 Å². The zero-order chi connectivity index (χ0) is 30.5. The number of hydrogen-bond acceptors (Lipinski definition) is 8. The summed E-state index contributed by atoms with van der Waals surface area (Å²) in [6.07, 6.45) is 0. The molecule has 0 amide bonds. The molecule has 8 nitrogen and oxygen atoms in total. The minimum Gasteiger partial charge on any atom is -0.507 e. The fourth-order valence-electron chi connectivity index (χ4n) is 5.43. The average molecular weight is 646 g/mol. The SMILES string of the molecule is Cc1ccc2oc(-c3c(O)c(C)cc4ccccc34)nc2n1.Cc1ccc2oc(-c3c(O)c(C)cc4ccccc34)nc2n1.[Zn]. The molecular formula is C36H28N4O4Zn. The Hall–Kier alpha value is -5.14. The molecule has 0 bridgehead atoms. The van der Waals surface area contributed by atoms with Crippen LogP contribution < -0.4 is 0 Å². The van der Waals surface area contributed by atoms with E-state index in [2.05, 4.69) is 19.9 Å². The van der Waals surface area contributed by atoms with Gasteiger partial charge >= 0.3 is 0 Å². The maximum absolute atomic E-state index is 10.5. The summed E-state index contributed by atoms with van der Waals surface area (Å²) in [7, 11) is 0. The van der Waals surface area contributed by atoms with E-state index in [0.717, 1.165) is 44.1 Å². The van der Waals surface area contributed by atoms with Gasteiger partial charge in [-0.05, 0) is 96.8 Å². The fourth-order valence-corrected chi connectivity index (χ4v) is 5.43. The molecule has 4 aromatic carbocycles. The van der Waals surface area contributed by atoms with Crippen LogP contribution in [0, 0.1) is 27.7 Å². The number of hydrogen-bond donors (Lipinski definition) is 2. The molecule has 218 valence electrons. The Morgan fingerprint density at radius 2 is 0.911 bits per heavy atom. The largest absolute Gasteiger partial charge is 0.507 e. The minimum atomic E-state index is 0. The van der Waals surface area contributed by atoms with Gasteiger partial charge in [-0.15, -0.1) is 0 Å². The summed E-state index contributed by atoms with van der Waals surface area (Å²) in [4.78, 5) is 17.7. The molecule has 2 N–H and O–H groups in total. The number of benzene rings is 4. The predicted molar refractivity (Wildman–Crippen MR) is 172 cm³/mol. The second-order valence-electron chi connectivity index (χ2n) is 10.9.